The van der Waals surface area contributed by atoms with Crippen molar-refractivity contribution in [2.24, 2.45) is 5.41 Å². The first kappa shape index (κ1) is 21.3. The van der Waals surface area contributed by atoms with Crippen LogP contribution in [0.4, 0.5) is 15.9 Å². The largest absolute Gasteiger partial charge is 0.453 e. The summed E-state index contributed by atoms with van der Waals surface area (Å²) >= 11 is 0. The van der Waals surface area contributed by atoms with Gasteiger partial charge in [0.25, 0.3) is 0 Å². The van der Waals surface area contributed by atoms with Crippen molar-refractivity contribution in [3.05, 3.63) is 48.5 Å². The Kier molecular flexibility index (Phi) is 5.45. The third-order valence-corrected chi connectivity index (χ3v) is 6.28. The first-order chi connectivity index (χ1) is 16.0. The number of amides is 1. The Morgan fingerprint density at radius 1 is 1.12 bits per heavy atom. The Labute approximate surface area is 191 Å². The van der Waals surface area contributed by atoms with Gasteiger partial charge in [-0.25, -0.2) is 9.37 Å². The smallest absolute Gasteiger partial charge is 0.237 e. The van der Waals surface area contributed by atoms with Crippen molar-refractivity contribution in [2.45, 2.75) is 12.8 Å². The number of benzene rings is 1. The molecule has 168 valence electrons. The lowest BCUT2D eigenvalue weighted by atomic mass is 10.1. The van der Waals surface area contributed by atoms with Gasteiger partial charge in [0.05, 0.1) is 10.9 Å². The van der Waals surface area contributed by atoms with Gasteiger partial charge in [-0.3, -0.25) is 9.78 Å². The molecule has 5 rings (SSSR count). The predicted octanol–water partition coefficient (Wildman–Crippen LogP) is 2.15. The van der Waals surface area contributed by atoms with Crippen LogP contribution < -0.4 is 15.0 Å². The molecular weight excluding hydrogens is 424 g/mol. The summed E-state index contributed by atoms with van der Waals surface area (Å²) < 4.78 is 20.6. The van der Waals surface area contributed by atoms with Crippen LogP contribution in [0.5, 0.6) is 11.5 Å². The fraction of sp³-hybridized carbons (Fsp3) is 0.304. The van der Waals surface area contributed by atoms with Crippen molar-refractivity contribution in [1.82, 2.24) is 14.8 Å². The van der Waals surface area contributed by atoms with Crippen molar-refractivity contribution in [3.8, 4) is 11.5 Å². The highest BCUT2D eigenvalue weighted by Crippen LogP contribution is 2.44. The molecule has 3 aromatic rings. The van der Waals surface area contributed by atoms with Crippen LogP contribution in [0.2, 0.25) is 0 Å². The number of carbonyl (C=O) groups excluding carboxylic acids is 2. The zero-order valence-corrected chi connectivity index (χ0v) is 18.3. The first-order valence-corrected chi connectivity index (χ1v) is 10.9. The van der Waals surface area contributed by atoms with E-state index < -0.39 is 17.1 Å². The number of rotatable bonds is 6. The van der Waals surface area contributed by atoms with E-state index in [0.29, 0.717) is 35.8 Å². The number of aldehydes is 1. The molecule has 10 heteroatoms. The molecule has 2 fully saturated rings. The lowest BCUT2D eigenvalue weighted by molar-refractivity contribution is -0.126. The fourth-order valence-corrected chi connectivity index (χ4v) is 3.87. The van der Waals surface area contributed by atoms with Gasteiger partial charge in [0, 0.05) is 56.4 Å². The molecule has 0 bridgehead atoms. The van der Waals surface area contributed by atoms with Gasteiger partial charge in [-0.2, -0.15) is 0 Å². The molecule has 1 saturated heterocycles. The zero-order valence-electron chi connectivity index (χ0n) is 18.3. The third-order valence-electron chi connectivity index (χ3n) is 6.28. The Bertz CT molecular complexity index is 1230. The van der Waals surface area contributed by atoms with Crippen LogP contribution in [0.1, 0.15) is 12.8 Å². The quantitative estimate of drug-likeness (QED) is 0.352. The van der Waals surface area contributed by atoms with Gasteiger partial charge < -0.3 is 24.6 Å². The molecule has 1 amide bonds. The lowest BCUT2D eigenvalue weighted by Crippen LogP contribution is -2.45. The topological polar surface area (TPSA) is 87.7 Å². The van der Waals surface area contributed by atoms with E-state index in [1.807, 2.05) is 6.07 Å². The highest BCUT2D eigenvalue weighted by molar-refractivity contribution is 6.07. The molecule has 2 aliphatic rings. The van der Waals surface area contributed by atoms with Gasteiger partial charge in [-0.05, 0) is 31.0 Å². The van der Waals surface area contributed by atoms with E-state index in [1.54, 1.807) is 24.5 Å². The Morgan fingerprint density at radius 3 is 2.61 bits per heavy atom. The van der Waals surface area contributed by atoms with Crippen molar-refractivity contribution in [3.63, 3.8) is 0 Å². The van der Waals surface area contributed by atoms with Crippen LogP contribution in [-0.4, -0.2) is 61.1 Å². The first-order valence-electron chi connectivity index (χ1n) is 10.9. The van der Waals surface area contributed by atoms with Gasteiger partial charge in [0.2, 0.25) is 5.91 Å². The SMILES string of the molecule is BN1CCN(c2cc3nccc(Oc4ccc(NC(=O)C5(C=O)CC5)cc4F)c3cn2)CC1. The van der Waals surface area contributed by atoms with Crippen LogP contribution in [0.15, 0.2) is 42.7 Å². The Morgan fingerprint density at radius 2 is 1.91 bits per heavy atom. The van der Waals surface area contributed by atoms with E-state index in [9.17, 15) is 14.0 Å². The third kappa shape index (κ3) is 4.26. The summed E-state index contributed by atoms with van der Waals surface area (Å²) in [5, 5.41) is 3.28. The molecule has 1 aliphatic heterocycles. The summed E-state index contributed by atoms with van der Waals surface area (Å²) in [5.74, 6) is 0.269. The second-order valence-corrected chi connectivity index (χ2v) is 8.63. The second-order valence-electron chi connectivity index (χ2n) is 8.63. The standard InChI is InChI=1S/C23H23BFN5O3/c24-30-9-7-29(8-10-30)21-12-18-16(13-27-21)19(3-6-26-18)33-20-2-1-15(11-17(20)25)28-22(32)23(14-31)4-5-23/h1-3,6,11-14H,4-5,7-10,24H2,(H,28,32). The minimum Gasteiger partial charge on any atom is -0.453 e. The number of pyridine rings is 2. The van der Waals surface area contributed by atoms with E-state index in [2.05, 4.69) is 33.0 Å². The number of anilines is 2. The van der Waals surface area contributed by atoms with E-state index in [0.717, 1.165) is 32.0 Å². The molecule has 0 spiro atoms. The number of hydrogen-bond donors (Lipinski definition) is 1. The number of hydrogen-bond acceptors (Lipinski definition) is 7. The number of nitrogens with zero attached hydrogens (tertiary/aromatic N) is 4. The summed E-state index contributed by atoms with van der Waals surface area (Å²) in [5.41, 5.74) is 0.0257. The molecule has 1 saturated carbocycles. The molecule has 8 nitrogen and oxygen atoms in total. The van der Waals surface area contributed by atoms with Gasteiger partial charge in [0.15, 0.2) is 19.5 Å². The molecule has 2 aromatic heterocycles. The number of halogens is 1. The molecule has 3 heterocycles. The van der Waals surface area contributed by atoms with Gasteiger partial charge in [0.1, 0.15) is 23.3 Å². The number of carbonyl (C=O) groups is 2. The minimum absolute atomic E-state index is 0.0140. The van der Waals surface area contributed by atoms with Crippen LogP contribution in [0, 0.1) is 11.2 Å². The summed E-state index contributed by atoms with van der Waals surface area (Å²) in [6, 6.07) is 7.76. The maximum Gasteiger partial charge on any atom is 0.237 e. The Hall–Kier alpha value is -3.53. The lowest BCUT2D eigenvalue weighted by Gasteiger charge is -2.33. The molecule has 0 unspecified atom stereocenters. The Balaban J connectivity index is 1.34. The summed E-state index contributed by atoms with van der Waals surface area (Å²) in [7, 11) is 2.10. The normalized spacial score (nSPS) is 17.5. The van der Waals surface area contributed by atoms with E-state index in [1.165, 1.54) is 12.1 Å². The minimum atomic E-state index is -0.961. The fourth-order valence-electron chi connectivity index (χ4n) is 3.87. The number of aromatic nitrogens is 2. The molecule has 33 heavy (non-hydrogen) atoms. The summed E-state index contributed by atoms with van der Waals surface area (Å²) in [4.78, 5) is 36.8. The second kappa shape index (κ2) is 8.44. The van der Waals surface area contributed by atoms with Gasteiger partial charge in [-0.15, -0.1) is 0 Å². The maximum atomic E-state index is 14.7. The number of nitrogens with one attached hydrogen (secondary N) is 1. The monoisotopic (exact) mass is 447 g/mol. The van der Waals surface area contributed by atoms with Crippen molar-refractivity contribution < 1.29 is 18.7 Å². The number of fused-ring (bicyclic) bond motifs is 1. The van der Waals surface area contributed by atoms with Gasteiger partial charge >= 0.3 is 0 Å². The van der Waals surface area contributed by atoms with Gasteiger partial charge in [-0.1, -0.05) is 0 Å². The summed E-state index contributed by atoms with van der Waals surface area (Å²) in [6.45, 7) is 3.74. The van der Waals surface area contributed by atoms with Crippen LogP contribution in [0.3, 0.4) is 0 Å². The van der Waals surface area contributed by atoms with E-state index >= 15 is 0 Å². The average molecular weight is 447 g/mol. The highest BCUT2D eigenvalue weighted by Gasteiger charge is 2.50. The van der Waals surface area contributed by atoms with Crippen molar-refractivity contribution in [2.75, 3.05) is 36.4 Å². The molecule has 1 aromatic carbocycles. The van der Waals surface area contributed by atoms with Crippen molar-refractivity contribution >= 4 is 42.6 Å². The average Bonchev–Trinajstić information content (AvgIpc) is 3.63. The maximum absolute atomic E-state index is 14.7. The summed E-state index contributed by atoms with van der Waals surface area (Å²) in [6.07, 6.45) is 5.02. The molecule has 0 atom stereocenters. The van der Waals surface area contributed by atoms with Crippen LogP contribution >= 0.6 is 0 Å². The number of piperazine rings is 1. The zero-order chi connectivity index (χ0) is 23.0. The molecule has 1 aliphatic carbocycles. The molecule has 1 N–H and O–H groups in total. The van der Waals surface area contributed by atoms with Crippen LogP contribution in [-0.2, 0) is 9.59 Å². The molecule has 0 radical (unpaired) electrons. The van der Waals surface area contributed by atoms with E-state index in [-0.39, 0.29) is 11.4 Å². The van der Waals surface area contributed by atoms with Crippen LogP contribution in [0.25, 0.3) is 10.9 Å². The van der Waals surface area contributed by atoms with Crippen molar-refractivity contribution in [1.29, 1.82) is 0 Å². The molecular formula is C23H23BFN5O3. The number of ether oxygens (including phenoxy) is 1. The predicted molar refractivity (Wildman–Crippen MR) is 125 cm³/mol. The van der Waals surface area contributed by atoms with E-state index in [4.69, 9.17) is 4.74 Å². The highest BCUT2D eigenvalue weighted by atomic mass is 19.1.